The lowest BCUT2D eigenvalue weighted by Crippen LogP contribution is -1.95. The largest absolute Gasteiger partial charge is 0.289 e. The van der Waals surface area contributed by atoms with Gasteiger partial charge in [-0.05, 0) is 47.7 Å². The molecular weight excluding hydrogens is 268 g/mol. The summed E-state index contributed by atoms with van der Waals surface area (Å²) in [4.78, 5) is 12.6. The molecule has 106 valence electrons. The van der Waals surface area contributed by atoms with Crippen molar-refractivity contribution in [3.8, 4) is 22.3 Å². The monoisotopic (exact) mass is 284 g/mol. The lowest BCUT2D eigenvalue weighted by Gasteiger charge is -2.09. The van der Waals surface area contributed by atoms with E-state index in [0.29, 0.717) is 0 Å². The normalized spacial score (nSPS) is 12.2. The van der Waals surface area contributed by atoms with Crippen LogP contribution in [0, 0.1) is 13.8 Å². The number of ketones is 1. The molecule has 0 saturated heterocycles. The van der Waals surface area contributed by atoms with Crippen LogP contribution in [0.3, 0.4) is 0 Å². The summed E-state index contributed by atoms with van der Waals surface area (Å²) in [6.07, 6.45) is 0. The summed E-state index contributed by atoms with van der Waals surface area (Å²) in [5.74, 6) is 0.136. The first-order chi connectivity index (χ1) is 10.6. The average Bonchev–Trinajstić information content (AvgIpc) is 2.81. The van der Waals surface area contributed by atoms with E-state index in [9.17, 15) is 4.79 Å². The first-order valence-corrected chi connectivity index (χ1v) is 7.51. The molecule has 0 N–H and O–H groups in total. The van der Waals surface area contributed by atoms with Gasteiger partial charge in [-0.15, -0.1) is 0 Å². The van der Waals surface area contributed by atoms with Crippen molar-refractivity contribution in [1.82, 2.24) is 0 Å². The molecule has 0 heterocycles. The summed E-state index contributed by atoms with van der Waals surface area (Å²) in [5.41, 5.74) is 8.53. The standard InChI is InChI=1S/C21H16O/c1-13-7-9-16(14(2)11-13)15-8-10-18-17-5-3-4-6-19(17)21(22)20(18)12-15/h3-12H,1-2H3. The van der Waals surface area contributed by atoms with Gasteiger partial charge in [0, 0.05) is 11.1 Å². The van der Waals surface area contributed by atoms with Crippen molar-refractivity contribution in [2.45, 2.75) is 13.8 Å². The summed E-state index contributed by atoms with van der Waals surface area (Å²) < 4.78 is 0. The van der Waals surface area contributed by atoms with Gasteiger partial charge in [-0.3, -0.25) is 4.79 Å². The molecule has 1 nitrogen and oxygen atoms in total. The van der Waals surface area contributed by atoms with E-state index in [0.717, 1.165) is 27.8 Å². The summed E-state index contributed by atoms with van der Waals surface area (Å²) in [6, 6.07) is 20.5. The maximum atomic E-state index is 12.6. The third kappa shape index (κ3) is 1.82. The number of rotatable bonds is 1. The van der Waals surface area contributed by atoms with Gasteiger partial charge < -0.3 is 0 Å². The highest BCUT2D eigenvalue weighted by Gasteiger charge is 2.26. The minimum atomic E-state index is 0.136. The van der Waals surface area contributed by atoms with E-state index in [1.807, 2.05) is 30.3 Å². The number of benzene rings is 3. The number of hydrogen-bond acceptors (Lipinski definition) is 1. The predicted octanol–water partition coefficient (Wildman–Crippen LogP) is 5.18. The number of carbonyl (C=O) groups is 1. The number of aryl methyl sites for hydroxylation is 2. The van der Waals surface area contributed by atoms with E-state index in [2.05, 4.69) is 44.2 Å². The van der Waals surface area contributed by atoms with E-state index in [1.54, 1.807) is 0 Å². The number of hydrogen-bond donors (Lipinski definition) is 0. The van der Waals surface area contributed by atoms with Gasteiger partial charge >= 0.3 is 0 Å². The van der Waals surface area contributed by atoms with Crippen LogP contribution in [0.2, 0.25) is 0 Å². The van der Waals surface area contributed by atoms with Crippen LogP contribution in [-0.4, -0.2) is 5.78 Å². The molecule has 0 aliphatic heterocycles. The minimum absolute atomic E-state index is 0.136. The van der Waals surface area contributed by atoms with Gasteiger partial charge in [0.05, 0.1) is 0 Å². The van der Waals surface area contributed by atoms with Crippen LogP contribution in [0.5, 0.6) is 0 Å². The molecule has 0 atom stereocenters. The Bertz CT molecular complexity index is 919. The maximum absolute atomic E-state index is 12.6. The fourth-order valence-electron chi connectivity index (χ4n) is 3.33. The summed E-state index contributed by atoms with van der Waals surface area (Å²) >= 11 is 0. The second kappa shape index (κ2) is 4.67. The van der Waals surface area contributed by atoms with Crippen LogP contribution >= 0.6 is 0 Å². The van der Waals surface area contributed by atoms with Crippen molar-refractivity contribution in [3.63, 3.8) is 0 Å². The zero-order valence-electron chi connectivity index (χ0n) is 12.7. The van der Waals surface area contributed by atoms with Crippen LogP contribution in [0.1, 0.15) is 27.0 Å². The Morgan fingerprint density at radius 1 is 0.636 bits per heavy atom. The van der Waals surface area contributed by atoms with Crippen LogP contribution < -0.4 is 0 Å². The van der Waals surface area contributed by atoms with Crippen molar-refractivity contribution in [2.75, 3.05) is 0 Å². The van der Waals surface area contributed by atoms with Gasteiger partial charge in [0.2, 0.25) is 0 Å². The molecule has 1 heteroatoms. The molecule has 0 aromatic heterocycles. The molecule has 0 amide bonds. The summed E-state index contributed by atoms with van der Waals surface area (Å²) in [7, 11) is 0. The molecular formula is C21H16O. The molecule has 1 aliphatic carbocycles. The molecule has 0 unspecified atom stereocenters. The van der Waals surface area contributed by atoms with E-state index in [4.69, 9.17) is 0 Å². The van der Waals surface area contributed by atoms with E-state index in [1.165, 1.54) is 16.7 Å². The Labute approximate surface area is 130 Å². The third-order valence-corrected chi connectivity index (χ3v) is 4.42. The molecule has 0 radical (unpaired) electrons. The molecule has 4 rings (SSSR count). The Balaban J connectivity index is 1.89. The van der Waals surface area contributed by atoms with E-state index >= 15 is 0 Å². The van der Waals surface area contributed by atoms with Gasteiger partial charge in [-0.25, -0.2) is 0 Å². The van der Waals surface area contributed by atoms with Crippen molar-refractivity contribution >= 4 is 5.78 Å². The van der Waals surface area contributed by atoms with Crippen molar-refractivity contribution in [2.24, 2.45) is 0 Å². The molecule has 0 spiro atoms. The van der Waals surface area contributed by atoms with Gasteiger partial charge in [-0.1, -0.05) is 60.2 Å². The van der Waals surface area contributed by atoms with Crippen molar-refractivity contribution in [3.05, 3.63) is 82.9 Å². The second-order valence-electron chi connectivity index (χ2n) is 5.95. The summed E-state index contributed by atoms with van der Waals surface area (Å²) in [5, 5.41) is 0. The third-order valence-electron chi connectivity index (χ3n) is 4.42. The fourth-order valence-corrected chi connectivity index (χ4v) is 3.33. The van der Waals surface area contributed by atoms with Crippen LogP contribution in [0.4, 0.5) is 0 Å². The fraction of sp³-hybridized carbons (Fsp3) is 0.0952. The Morgan fingerprint density at radius 2 is 1.32 bits per heavy atom. The zero-order chi connectivity index (χ0) is 15.3. The summed E-state index contributed by atoms with van der Waals surface area (Å²) in [6.45, 7) is 4.21. The average molecular weight is 284 g/mol. The van der Waals surface area contributed by atoms with Crippen LogP contribution in [0.25, 0.3) is 22.3 Å². The first-order valence-electron chi connectivity index (χ1n) is 7.51. The predicted molar refractivity (Wildman–Crippen MR) is 90.2 cm³/mol. The van der Waals surface area contributed by atoms with E-state index < -0.39 is 0 Å². The van der Waals surface area contributed by atoms with Gasteiger partial charge in [0.15, 0.2) is 5.78 Å². The van der Waals surface area contributed by atoms with Crippen LogP contribution in [0.15, 0.2) is 60.7 Å². The number of fused-ring (bicyclic) bond motifs is 3. The molecule has 3 aromatic rings. The zero-order valence-corrected chi connectivity index (χ0v) is 12.7. The Morgan fingerprint density at radius 3 is 2.09 bits per heavy atom. The highest BCUT2D eigenvalue weighted by atomic mass is 16.1. The highest BCUT2D eigenvalue weighted by Crippen LogP contribution is 2.38. The molecule has 0 bridgehead atoms. The molecule has 22 heavy (non-hydrogen) atoms. The second-order valence-corrected chi connectivity index (χ2v) is 5.95. The Kier molecular flexibility index (Phi) is 2.77. The first kappa shape index (κ1) is 13.0. The lowest BCUT2D eigenvalue weighted by atomic mass is 9.95. The maximum Gasteiger partial charge on any atom is 0.194 e. The minimum Gasteiger partial charge on any atom is -0.289 e. The topological polar surface area (TPSA) is 17.1 Å². The molecule has 3 aromatic carbocycles. The molecule has 0 fully saturated rings. The van der Waals surface area contributed by atoms with Crippen molar-refractivity contribution < 1.29 is 4.79 Å². The van der Waals surface area contributed by atoms with Gasteiger partial charge in [-0.2, -0.15) is 0 Å². The van der Waals surface area contributed by atoms with Gasteiger partial charge in [0.25, 0.3) is 0 Å². The van der Waals surface area contributed by atoms with Crippen LogP contribution in [-0.2, 0) is 0 Å². The van der Waals surface area contributed by atoms with Gasteiger partial charge in [0.1, 0.15) is 0 Å². The molecule has 0 saturated carbocycles. The quantitative estimate of drug-likeness (QED) is 0.470. The smallest absolute Gasteiger partial charge is 0.194 e. The highest BCUT2D eigenvalue weighted by molar-refractivity contribution is 6.22. The molecule has 1 aliphatic rings. The van der Waals surface area contributed by atoms with Crippen molar-refractivity contribution in [1.29, 1.82) is 0 Å². The number of carbonyl (C=O) groups excluding carboxylic acids is 1. The Hall–Kier alpha value is -2.67. The SMILES string of the molecule is Cc1ccc(-c2ccc3c(c2)C(=O)c2ccccc2-3)c(C)c1. The van der Waals surface area contributed by atoms with E-state index in [-0.39, 0.29) is 5.78 Å². The lowest BCUT2D eigenvalue weighted by molar-refractivity contribution is 0.104.